The van der Waals surface area contributed by atoms with Gasteiger partial charge in [-0.05, 0) is 0 Å². The van der Waals surface area contributed by atoms with E-state index in [9.17, 15) is 0 Å². The smallest absolute Gasteiger partial charge is 0.0941 e. The van der Waals surface area contributed by atoms with Gasteiger partial charge in [-0.15, -0.1) is 0 Å². The molecule has 1 rings (SSSR count). The van der Waals surface area contributed by atoms with Crippen LogP contribution in [-0.4, -0.2) is 40.6 Å². The van der Waals surface area contributed by atoms with E-state index in [4.69, 9.17) is 9.84 Å². The Kier molecular flexibility index (Phi) is 3.17. The molecule has 0 radical (unpaired) electrons. The summed E-state index contributed by atoms with van der Waals surface area (Å²) >= 11 is 2.24. The van der Waals surface area contributed by atoms with E-state index in [0.717, 1.165) is 19.7 Å². The van der Waals surface area contributed by atoms with Crippen molar-refractivity contribution in [1.29, 1.82) is 0 Å². The highest BCUT2D eigenvalue weighted by Crippen LogP contribution is 2.07. The Morgan fingerprint density at radius 1 is 1.78 bits per heavy atom. The molecule has 0 aromatic carbocycles. The normalized spacial score (nSPS) is 30.7. The van der Waals surface area contributed by atoms with Gasteiger partial charge < -0.3 is 9.84 Å². The van der Waals surface area contributed by atoms with Gasteiger partial charge in [0.15, 0.2) is 0 Å². The molecule has 0 unspecified atom stereocenters. The first-order valence-electron chi connectivity index (χ1n) is 2.96. The molecule has 4 heteroatoms. The van der Waals surface area contributed by atoms with Crippen LogP contribution < -0.4 is 0 Å². The second-order valence-electron chi connectivity index (χ2n) is 2.04. The molecule has 0 aliphatic carbocycles. The SMILES string of the molecule is OC[C@H]1CN(I)CCO1. The summed E-state index contributed by atoms with van der Waals surface area (Å²) in [5.74, 6) is 0. The molecule has 3 nitrogen and oxygen atoms in total. The third-order valence-electron chi connectivity index (χ3n) is 1.29. The molecule has 0 aromatic rings. The van der Waals surface area contributed by atoms with E-state index in [1.807, 2.05) is 0 Å². The quantitative estimate of drug-likeness (QED) is 0.521. The monoisotopic (exact) mass is 243 g/mol. The van der Waals surface area contributed by atoms with Crippen LogP contribution in [0.2, 0.25) is 0 Å². The van der Waals surface area contributed by atoms with Gasteiger partial charge in [-0.2, -0.15) is 0 Å². The predicted octanol–water partition coefficient (Wildman–Crippen LogP) is 0.0295. The van der Waals surface area contributed by atoms with Crippen LogP contribution in [0.25, 0.3) is 0 Å². The van der Waals surface area contributed by atoms with Crippen molar-refractivity contribution >= 4 is 22.9 Å². The maximum Gasteiger partial charge on any atom is 0.0941 e. The van der Waals surface area contributed by atoms with Crippen molar-refractivity contribution in [3.8, 4) is 0 Å². The zero-order chi connectivity index (χ0) is 6.69. The van der Waals surface area contributed by atoms with Gasteiger partial charge in [0, 0.05) is 36.0 Å². The lowest BCUT2D eigenvalue weighted by atomic mass is 10.3. The lowest BCUT2D eigenvalue weighted by Crippen LogP contribution is -2.38. The molecule has 0 spiro atoms. The summed E-state index contributed by atoms with van der Waals surface area (Å²) in [7, 11) is 0. The summed E-state index contributed by atoms with van der Waals surface area (Å²) < 4.78 is 7.33. The van der Waals surface area contributed by atoms with Crippen LogP contribution in [0.1, 0.15) is 0 Å². The number of aliphatic hydroxyl groups excluding tert-OH is 1. The standard InChI is InChI=1S/C5H10INO2/c6-7-1-2-9-5(3-7)4-8/h5,8H,1-4H2/t5-/m1/s1. The summed E-state index contributed by atoms with van der Waals surface area (Å²) in [6, 6.07) is 0. The second-order valence-corrected chi connectivity index (χ2v) is 3.41. The van der Waals surface area contributed by atoms with E-state index in [1.54, 1.807) is 0 Å². The lowest BCUT2D eigenvalue weighted by Gasteiger charge is -2.26. The number of morpholine rings is 1. The summed E-state index contributed by atoms with van der Waals surface area (Å²) in [5.41, 5.74) is 0. The largest absolute Gasteiger partial charge is 0.394 e. The molecule has 9 heavy (non-hydrogen) atoms. The molecule has 0 amide bonds. The molecule has 0 saturated carbocycles. The van der Waals surface area contributed by atoms with Crippen molar-refractivity contribution in [3.05, 3.63) is 0 Å². The van der Waals surface area contributed by atoms with Crippen molar-refractivity contribution in [2.75, 3.05) is 26.3 Å². The Hall–Kier alpha value is 0.610. The number of ether oxygens (including phenoxy) is 1. The van der Waals surface area contributed by atoms with E-state index in [2.05, 4.69) is 26.0 Å². The topological polar surface area (TPSA) is 32.7 Å². The molecule has 1 saturated heterocycles. The van der Waals surface area contributed by atoms with Crippen LogP contribution in [0.4, 0.5) is 0 Å². The number of hydrogen-bond acceptors (Lipinski definition) is 3. The van der Waals surface area contributed by atoms with E-state index in [1.165, 1.54) is 0 Å². The van der Waals surface area contributed by atoms with Crippen molar-refractivity contribution < 1.29 is 9.84 Å². The first kappa shape index (κ1) is 7.71. The van der Waals surface area contributed by atoms with Crippen molar-refractivity contribution in [3.63, 3.8) is 0 Å². The van der Waals surface area contributed by atoms with E-state index < -0.39 is 0 Å². The number of hydrogen-bond donors (Lipinski definition) is 1. The van der Waals surface area contributed by atoms with Crippen LogP contribution in [0.15, 0.2) is 0 Å². The lowest BCUT2D eigenvalue weighted by molar-refractivity contribution is -0.0238. The maximum absolute atomic E-state index is 8.65. The first-order valence-corrected chi connectivity index (χ1v) is 3.92. The summed E-state index contributed by atoms with van der Waals surface area (Å²) in [6.07, 6.45) is 0.0376. The number of rotatable bonds is 1. The first-order chi connectivity index (χ1) is 4.33. The Morgan fingerprint density at radius 3 is 3.00 bits per heavy atom. The van der Waals surface area contributed by atoms with Gasteiger partial charge in [0.2, 0.25) is 0 Å². The van der Waals surface area contributed by atoms with Crippen molar-refractivity contribution in [2.45, 2.75) is 6.10 Å². The van der Waals surface area contributed by atoms with Gasteiger partial charge in [0.1, 0.15) is 0 Å². The second kappa shape index (κ2) is 3.70. The average molecular weight is 243 g/mol. The third kappa shape index (κ3) is 2.37. The Balaban J connectivity index is 2.23. The fourth-order valence-electron chi connectivity index (χ4n) is 0.794. The zero-order valence-electron chi connectivity index (χ0n) is 5.09. The Morgan fingerprint density at radius 2 is 2.56 bits per heavy atom. The molecule has 54 valence electrons. The van der Waals surface area contributed by atoms with Crippen LogP contribution in [0, 0.1) is 0 Å². The Labute approximate surface area is 68.5 Å². The third-order valence-corrected chi connectivity index (χ3v) is 2.17. The van der Waals surface area contributed by atoms with Gasteiger partial charge in [0.25, 0.3) is 0 Å². The molecular weight excluding hydrogens is 233 g/mol. The molecular formula is C5H10INO2. The maximum atomic E-state index is 8.65. The minimum absolute atomic E-state index is 0.0376. The fraction of sp³-hybridized carbons (Fsp3) is 1.00. The summed E-state index contributed by atoms with van der Waals surface area (Å²) in [5, 5.41) is 8.65. The minimum atomic E-state index is 0.0376. The molecule has 1 aliphatic rings. The fourth-order valence-corrected chi connectivity index (χ4v) is 1.43. The number of nitrogens with zero attached hydrogens (tertiary/aromatic N) is 1. The van der Waals surface area contributed by atoms with Crippen LogP contribution in [0.5, 0.6) is 0 Å². The molecule has 1 aliphatic heterocycles. The summed E-state index contributed by atoms with van der Waals surface area (Å²) in [6.45, 7) is 2.70. The van der Waals surface area contributed by atoms with Gasteiger partial charge >= 0.3 is 0 Å². The minimum Gasteiger partial charge on any atom is -0.394 e. The highest BCUT2D eigenvalue weighted by Gasteiger charge is 2.16. The molecule has 1 atom stereocenters. The molecule has 1 heterocycles. The van der Waals surface area contributed by atoms with Crippen LogP contribution >= 0.6 is 22.9 Å². The van der Waals surface area contributed by atoms with Gasteiger partial charge in [-0.25, -0.2) is 3.11 Å². The predicted molar refractivity (Wildman–Crippen MR) is 42.4 cm³/mol. The Bertz CT molecular complexity index is 91.0. The van der Waals surface area contributed by atoms with Crippen molar-refractivity contribution in [2.24, 2.45) is 0 Å². The highest BCUT2D eigenvalue weighted by atomic mass is 127. The molecule has 1 N–H and O–H groups in total. The van der Waals surface area contributed by atoms with E-state index >= 15 is 0 Å². The number of aliphatic hydroxyl groups is 1. The van der Waals surface area contributed by atoms with Gasteiger partial charge in [-0.3, -0.25) is 0 Å². The van der Waals surface area contributed by atoms with Crippen LogP contribution in [0.3, 0.4) is 0 Å². The highest BCUT2D eigenvalue weighted by molar-refractivity contribution is 14.1. The van der Waals surface area contributed by atoms with E-state index in [-0.39, 0.29) is 12.7 Å². The van der Waals surface area contributed by atoms with Gasteiger partial charge in [0.05, 0.1) is 19.3 Å². The van der Waals surface area contributed by atoms with Crippen molar-refractivity contribution in [1.82, 2.24) is 3.11 Å². The van der Waals surface area contributed by atoms with E-state index in [0.29, 0.717) is 0 Å². The molecule has 0 bridgehead atoms. The average Bonchev–Trinajstić information content (AvgIpc) is 1.88. The zero-order valence-corrected chi connectivity index (χ0v) is 7.24. The number of halogens is 1. The van der Waals surface area contributed by atoms with Crippen LogP contribution in [-0.2, 0) is 4.74 Å². The summed E-state index contributed by atoms with van der Waals surface area (Å²) in [4.78, 5) is 0. The molecule has 0 aromatic heterocycles. The van der Waals surface area contributed by atoms with Gasteiger partial charge in [-0.1, -0.05) is 0 Å². The molecule has 1 fully saturated rings.